The molecule has 17 heavy (non-hydrogen) atoms. The third-order valence-electron chi connectivity index (χ3n) is 2.88. The first-order valence-corrected chi connectivity index (χ1v) is 7.10. The van der Waals surface area contributed by atoms with Gasteiger partial charge in [0, 0.05) is 6.42 Å². The molecule has 0 aromatic carbocycles. The molecule has 0 aromatic heterocycles. The van der Waals surface area contributed by atoms with Crippen LogP contribution in [0.1, 0.15) is 71.6 Å². The van der Waals surface area contributed by atoms with Crippen LogP contribution in [0.2, 0.25) is 0 Å². The van der Waals surface area contributed by atoms with Gasteiger partial charge in [-0.1, -0.05) is 32.6 Å². The van der Waals surface area contributed by atoms with E-state index < -0.39 is 0 Å². The summed E-state index contributed by atoms with van der Waals surface area (Å²) in [5.41, 5.74) is 5.40. The number of esters is 1. The highest BCUT2D eigenvalue weighted by Gasteiger charge is 2.08. The second-order valence-corrected chi connectivity index (χ2v) is 4.75. The molecule has 3 nitrogen and oxygen atoms in total. The third kappa shape index (κ3) is 11.7. The van der Waals surface area contributed by atoms with Crippen molar-refractivity contribution in [2.45, 2.75) is 77.7 Å². The van der Waals surface area contributed by atoms with Crippen molar-refractivity contribution in [1.82, 2.24) is 0 Å². The Morgan fingerprint density at radius 3 is 2.47 bits per heavy atom. The average molecular weight is 243 g/mol. The van der Waals surface area contributed by atoms with Crippen LogP contribution in [-0.2, 0) is 9.53 Å². The van der Waals surface area contributed by atoms with Gasteiger partial charge >= 0.3 is 5.97 Å². The van der Waals surface area contributed by atoms with E-state index in [1.165, 1.54) is 12.8 Å². The molecule has 1 atom stereocenters. The summed E-state index contributed by atoms with van der Waals surface area (Å²) in [7, 11) is 0. The number of nitrogens with two attached hydrogens (primary N) is 1. The predicted molar refractivity (Wildman–Crippen MR) is 71.8 cm³/mol. The molecule has 3 heteroatoms. The van der Waals surface area contributed by atoms with Crippen molar-refractivity contribution in [2.24, 2.45) is 5.73 Å². The fraction of sp³-hybridized carbons (Fsp3) is 0.929. The van der Waals surface area contributed by atoms with Crippen LogP contribution in [0.3, 0.4) is 0 Å². The zero-order chi connectivity index (χ0) is 12.9. The number of rotatable bonds is 11. The largest absolute Gasteiger partial charge is 0.463 e. The molecule has 102 valence electrons. The van der Waals surface area contributed by atoms with Gasteiger partial charge < -0.3 is 10.5 Å². The first kappa shape index (κ1) is 16.4. The van der Waals surface area contributed by atoms with Crippen molar-refractivity contribution in [1.29, 1.82) is 0 Å². The van der Waals surface area contributed by atoms with Crippen LogP contribution in [-0.4, -0.2) is 18.6 Å². The fourth-order valence-corrected chi connectivity index (χ4v) is 1.79. The van der Waals surface area contributed by atoms with Crippen molar-refractivity contribution in [3.05, 3.63) is 0 Å². The molecule has 0 aliphatic carbocycles. The van der Waals surface area contributed by atoms with Gasteiger partial charge in [-0.2, -0.15) is 0 Å². The minimum Gasteiger partial charge on any atom is -0.463 e. The Bertz CT molecular complexity index is 183. The Labute approximate surface area is 106 Å². The topological polar surface area (TPSA) is 52.3 Å². The molecule has 0 saturated carbocycles. The Morgan fingerprint density at radius 1 is 1.12 bits per heavy atom. The number of hydrogen-bond acceptors (Lipinski definition) is 3. The second kappa shape index (κ2) is 11.9. The summed E-state index contributed by atoms with van der Waals surface area (Å²) in [5.74, 6) is -0.0400. The highest BCUT2D eigenvalue weighted by atomic mass is 16.5. The number of hydrogen-bond donors (Lipinski definition) is 1. The van der Waals surface area contributed by atoms with Gasteiger partial charge in [0.25, 0.3) is 0 Å². The van der Waals surface area contributed by atoms with Crippen LogP contribution in [0, 0.1) is 0 Å². The van der Waals surface area contributed by atoms with E-state index in [4.69, 9.17) is 10.5 Å². The summed E-state index contributed by atoms with van der Waals surface area (Å²) in [6.45, 7) is 4.92. The summed E-state index contributed by atoms with van der Waals surface area (Å²) >= 11 is 0. The van der Waals surface area contributed by atoms with E-state index in [0.717, 1.165) is 45.1 Å². The Balaban J connectivity index is 3.37. The number of carbonyl (C=O) groups is 1. The molecule has 0 aliphatic rings. The molecular weight excluding hydrogens is 214 g/mol. The quantitative estimate of drug-likeness (QED) is 0.447. The molecule has 0 bridgehead atoms. The molecule has 0 amide bonds. The predicted octanol–water partition coefficient (Wildman–Crippen LogP) is 3.41. The zero-order valence-corrected chi connectivity index (χ0v) is 11.5. The molecule has 0 saturated heterocycles. The highest BCUT2D eigenvalue weighted by molar-refractivity contribution is 5.69. The normalized spacial score (nSPS) is 12.4. The van der Waals surface area contributed by atoms with Crippen molar-refractivity contribution in [3.63, 3.8) is 0 Å². The zero-order valence-electron chi connectivity index (χ0n) is 11.5. The van der Waals surface area contributed by atoms with E-state index in [2.05, 4.69) is 6.92 Å². The summed E-state index contributed by atoms with van der Waals surface area (Å²) in [6.07, 6.45) is 9.41. The Hall–Kier alpha value is -0.570. The van der Waals surface area contributed by atoms with Gasteiger partial charge in [-0.05, 0) is 39.2 Å². The molecule has 0 aliphatic heterocycles. The monoisotopic (exact) mass is 243 g/mol. The lowest BCUT2D eigenvalue weighted by Gasteiger charge is -2.12. The summed E-state index contributed by atoms with van der Waals surface area (Å²) in [5, 5.41) is 0. The van der Waals surface area contributed by atoms with Crippen molar-refractivity contribution < 1.29 is 9.53 Å². The molecule has 0 rings (SSSR count). The molecule has 0 aromatic rings. The molecular formula is C14H29NO2. The number of carbonyl (C=O) groups excluding carboxylic acids is 1. The molecule has 2 N–H and O–H groups in total. The summed E-state index contributed by atoms with van der Waals surface area (Å²) < 4.78 is 5.34. The van der Waals surface area contributed by atoms with E-state index >= 15 is 0 Å². The highest BCUT2D eigenvalue weighted by Crippen LogP contribution is 2.09. The Morgan fingerprint density at radius 2 is 1.82 bits per heavy atom. The smallest absolute Gasteiger partial charge is 0.306 e. The van der Waals surface area contributed by atoms with Gasteiger partial charge in [0.15, 0.2) is 0 Å². The van der Waals surface area contributed by atoms with Crippen LogP contribution in [0.4, 0.5) is 0 Å². The van der Waals surface area contributed by atoms with Gasteiger partial charge in [0.1, 0.15) is 0 Å². The second-order valence-electron chi connectivity index (χ2n) is 4.75. The van der Waals surface area contributed by atoms with Gasteiger partial charge in [-0.25, -0.2) is 0 Å². The standard InChI is InChI=1S/C14H29NO2/c1-3-4-7-10-13(2)17-14(16)11-8-5-6-9-12-15/h13H,3-12,15H2,1-2H3. The van der Waals surface area contributed by atoms with Gasteiger partial charge in [0.2, 0.25) is 0 Å². The van der Waals surface area contributed by atoms with Crippen LogP contribution in [0.5, 0.6) is 0 Å². The van der Waals surface area contributed by atoms with E-state index in [-0.39, 0.29) is 12.1 Å². The maximum Gasteiger partial charge on any atom is 0.306 e. The van der Waals surface area contributed by atoms with E-state index in [1.54, 1.807) is 0 Å². The molecule has 0 radical (unpaired) electrons. The first-order valence-electron chi connectivity index (χ1n) is 7.10. The summed E-state index contributed by atoms with van der Waals surface area (Å²) in [4.78, 5) is 11.5. The van der Waals surface area contributed by atoms with E-state index in [9.17, 15) is 4.79 Å². The van der Waals surface area contributed by atoms with Crippen LogP contribution in [0.15, 0.2) is 0 Å². The Kier molecular flexibility index (Phi) is 11.5. The number of unbranched alkanes of at least 4 members (excludes halogenated alkanes) is 5. The van der Waals surface area contributed by atoms with Crippen LogP contribution < -0.4 is 5.73 Å². The van der Waals surface area contributed by atoms with E-state index in [1.807, 2.05) is 6.92 Å². The fourth-order valence-electron chi connectivity index (χ4n) is 1.79. The van der Waals surface area contributed by atoms with Crippen molar-refractivity contribution in [3.8, 4) is 0 Å². The van der Waals surface area contributed by atoms with Gasteiger partial charge in [0.05, 0.1) is 6.10 Å². The maximum atomic E-state index is 11.5. The third-order valence-corrected chi connectivity index (χ3v) is 2.88. The maximum absolute atomic E-state index is 11.5. The lowest BCUT2D eigenvalue weighted by molar-refractivity contribution is -0.148. The van der Waals surface area contributed by atoms with Crippen LogP contribution >= 0.6 is 0 Å². The minimum absolute atomic E-state index is 0.0400. The lowest BCUT2D eigenvalue weighted by Crippen LogP contribution is -2.14. The molecule has 1 unspecified atom stereocenters. The summed E-state index contributed by atoms with van der Waals surface area (Å²) in [6, 6.07) is 0. The van der Waals surface area contributed by atoms with Gasteiger partial charge in [-0.15, -0.1) is 0 Å². The number of ether oxygens (including phenoxy) is 1. The van der Waals surface area contributed by atoms with Crippen LogP contribution in [0.25, 0.3) is 0 Å². The SMILES string of the molecule is CCCCCC(C)OC(=O)CCCCCCN. The lowest BCUT2D eigenvalue weighted by atomic mass is 10.1. The minimum atomic E-state index is -0.0400. The van der Waals surface area contributed by atoms with Gasteiger partial charge in [-0.3, -0.25) is 4.79 Å². The average Bonchev–Trinajstić information content (AvgIpc) is 2.29. The molecule has 0 heterocycles. The first-order chi connectivity index (χ1) is 8.20. The van der Waals surface area contributed by atoms with Crippen molar-refractivity contribution >= 4 is 5.97 Å². The van der Waals surface area contributed by atoms with E-state index in [0.29, 0.717) is 6.42 Å². The molecule has 0 spiro atoms. The van der Waals surface area contributed by atoms with Crippen molar-refractivity contribution in [2.75, 3.05) is 6.54 Å². The molecule has 0 fully saturated rings.